The summed E-state index contributed by atoms with van der Waals surface area (Å²) in [5, 5.41) is 8.90. The second kappa shape index (κ2) is 6.58. The molecule has 2 rings (SSSR count). The van der Waals surface area contributed by atoms with Gasteiger partial charge in [0.1, 0.15) is 0 Å². The molecule has 16 heavy (non-hydrogen) atoms. The molecule has 0 spiro atoms. The van der Waals surface area contributed by atoms with Gasteiger partial charge in [0.25, 0.3) is 0 Å². The summed E-state index contributed by atoms with van der Waals surface area (Å²) in [6, 6.07) is 0.731. The summed E-state index contributed by atoms with van der Waals surface area (Å²) in [5.41, 5.74) is 0. The molecule has 3 heteroatoms. The van der Waals surface area contributed by atoms with Crippen molar-refractivity contribution in [3.8, 4) is 0 Å². The van der Waals surface area contributed by atoms with Crippen LogP contribution in [0.25, 0.3) is 0 Å². The third-order valence-corrected chi connectivity index (χ3v) is 3.94. The van der Waals surface area contributed by atoms with Gasteiger partial charge in [-0.2, -0.15) is 0 Å². The molecule has 0 amide bonds. The van der Waals surface area contributed by atoms with E-state index in [1.165, 1.54) is 45.2 Å². The van der Waals surface area contributed by atoms with E-state index < -0.39 is 0 Å². The van der Waals surface area contributed by atoms with Crippen molar-refractivity contribution >= 4 is 0 Å². The van der Waals surface area contributed by atoms with Crippen LogP contribution in [0.4, 0.5) is 0 Å². The number of rotatable bonds is 5. The minimum Gasteiger partial charge on any atom is -0.396 e. The van der Waals surface area contributed by atoms with Crippen molar-refractivity contribution in [2.75, 3.05) is 32.9 Å². The highest BCUT2D eigenvalue weighted by atomic mass is 16.5. The largest absolute Gasteiger partial charge is 0.396 e. The van der Waals surface area contributed by atoms with Crippen LogP contribution >= 0.6 is 0 Å². The van der Waals surface area contributed by atoms with Gasteiger partial charge in [-0.25, -0.2) is 0 Å². The second-order valence-corrected chi connectivity index (χ2v) is 5.24. The molecular formula is C13H25NO2. The first-order chi connectivity index (χ1) is 7.90. The number of aliphatic hydroxyl groups excluding tert-OH is 1. The van der Waals surface area contributed by atoms with Crippen LogP contribution in [0.15, 0.2) is 0 Å². The molecule has 3 nitrogen and oxygen atoms in total. The minimum atomic E-state index is 0.344. The van der Waals surface area contributed by atoms with Gasteiger partial charge in [-0.05, 0) is 51.0 Å². The van der Waals surface area contributed by atoms with Crippen molar-refractivity contribution in [1.29, 1.82) is 0 Å². The van der Waals surface area contributed by atoms with Crippen molar-refractivity contribution in [2.45, 2.75) is 44.6 Å². The van der Waals surface area contributed by atoms with E-state index in [0.717, 1.165) is 31.6 Å². The van der Waals surface area contributed by atoms with Crippen LogP contribution in [0.1, 0.15) is 38.5 Å². The lowest BCUT2D eigenvalue weighted by molar-refractivity contribution is 0.0356. The molecule has 0 bridgehead atoms. The van der Waals surface area contributed by atoms with Crippen LogP contribution in [0.2, 0.25) is 0 Å². The maximum absolute atomic E-state index is 8.90. The SMILES string of the molecule is OCCC[C@@H]1CCCN1C[C@@H]1CCCOC1. The van der Waals surface area contributed by atoms with Crippen LogP contribution in [0.3, 0.4) is 0 Å². The summed E-state index contributed by atoms with van der Waals surface area (Å²) in [5.74, 6) is 0.753. The number of ether oxygens (including phenoxy) is 1. The Labute approximate surface area is 98.8 Å². The summed E-state index contributed by atoms with van der Waals surface area (Å²) < 4.78 is 5.54. The van der Waals surface area contributed by atoms with Crippen molar-refractivity contribution in [3.63, 3.8) is 0 Å². The highest BCUT2D eigenvalue weighted by Crippen LogP contribution is 2.24. The topological polar surface area (TPSA) is 32.7 Å². The molecule has 2 aliphatic heterocycles. The predicted molar refractivity (Wildman–Crippen MR) is 64.5 cm³/mol. The molecule has 0 aliphatic carbocycles. The van der Waals surface area contributed by atoms with Crippen LogP contribution < -0.4 is 0 Å². The van der Waals surface area contributed by atoms with E-state index in [1.54, 1.807) is 0 Å². The average Bonchev–Trinajstić information content (AvgIpc) is 2.75. The summed E-state index contributed by atoms with van der Waals surface area (Å²) in [6.45, 7) is 4.74. The summed E-state index contributed by atoms with van der Waals surface area (Å²) in [4.78, 5) is 2.63. The summed E-state index contributed by atoms with van der Waals surface area (Å²) >= 11 is 0. The van der Waals surface area contributed by atoms with E-state index in [-0.39, 0.29) is 0 Å². The summed E-state index contributed by atoms with van der Waals surface area (Å²) in [6.07, 6.45) is 7.37. The zero-order chi connectivity index (χ0) is 11.2. The Morgan fingerprint density at radius 2 is 2.19 bits per heavy atom. The van der Waals surface area contributed by atoms with Gasteiger partial charge in [0, 0.05) is 25.8 Å². The first-order valence-electron chi connectivity index (χ1n) is 6.83. The van der Waals surface area contributed by atoms with E-state index in [4.69, 9.17) is 9.84 Å². The number of likely N-dealkylation sites (tertiary alicyclic amines) is 1. The van der Waals surface area contributed by atoms with Gasteiger partial charge in [0.05, 0.1) is 6.61 Å². The molecule has 0 aromatic carbocycles. The third-order valence-electron chi connectivity index (χ3n) is 3.94. The molecule has 2 atom stereocenters. The number of aliphatic hydroxyl groups is 1. The van der Waals surface area contributed by atoms with Gasteiger partial charge in [-0.1, -0.05) is 0 Å². The quantitative estimate of drug-likeness (QED) is 0.775. The van der Waals surface area contributed by atoms with Gasteiger partial charge >= 0.3 is 0 Å². The third kappa shape index (κ3) is 3.44. The monoisotopic (exact) mass is 227 g/mol. The normalized spacial score (nSPS) is 32.1. The first-order valence-corrected chi connectivity index (χ1v) is 6.83. The molecule has 0 aromatic heterocycles. The zero-order valence-electron chi connectivity index (χ0n) is 10.2. The molecule has 0 saturated carbocycles. The summed E-state index contributed by atoms with van der Waals surface area (Å²) in [7, 11) is 0. The molecule has 0 unspecified atom stereocenters. The maximum Gasteiger partial charge on any atom is 0.0506 e. The van der Waals surface area contributed by atoms with Crippen LogP contribution in [0, 0.1) is 5.92 Å². The smallest absolute Gasteiger partial charge is 0.0506 e. The Balaban J connectivity index is 1.73. The Morgan fingerprint density at radius 1 is 1.25 bits per heavy atom. The number of hydrogen-bond donors (Lipinski definition) is 1. The highest BCUT2D eigenvalue weighted by molar-refractivity contribution is 4.81. The number of nitrogens with zero attached hydrogens (tertiary/aromatic N) is 1. The van der Waals surface area contributed by atoms with E-state index in [1.807, 2.05) is 0 Å². The molecule has 2 aliphatic rings. The van der Waals surface area contributed by atoms with Crippen molar-refractivity contribution in [1.82, 2.24) is 4.90 Å². The zero-order valence-corrected chi connectivity index (χ0v) is 10.2. The Kier molecular flexibility index (Phi) is 5.07. The van der Waals surface area contributed by atoms with Crippen LogP contribution in [-0.4, -0.2) is 49.0 Å². The van der Waals surface area contributed by atoms with Gasteiger partial charge in [-0.15, -0.1) is 0 Å². The molecule has 2 saturated heterocycles. The van der Waals surface area contributed by atoms with Crippen LogP contribution in [0.5, 0.6) is 0 Å². The molecular weight excluding hydrogens is 202 g/mol. The van der Waals surface area contributed by atoms with Gasteiger partial charge in [-0.3, -0.25) is 0 Å². The van der Waals surface area contributed by atoms with E-state index >= 15 is 0 Å². The molecule has 0 aromatic rings. The Morgan fingerprint density at radius 3 is 2.94 bits per heavy atom. The van der Waals surface area contributed by atoms with Crippen molar-refractivity contribution in [3.05, 3.63) is 0 Å². The Hall–Kier alpha value is -0.120. The van der Waals surface area contributed by atoms with Crippen molar-refractivity contribution in [2.24, 2.45) is 5.92 Å². The fraction of sp³-hybridized carbons (Fsp3) is 1.00. The van der Waals surface area contributed by atoms with E-state index in [2.05, 4.69) is 4.90 Å². The fourth-order valence-electron chi connectivity index (χ4n) is 3.07. The predicted octanol–water partition coefficient (Wildman–Crippen LogP) is 1.65. The molecule has 1 N–H and O–H groups in total. The number of hydrogen-bond acceptors (Lipinski definition) is 3. The van der Waals surface area contributed by atoms with Gasteiger partial charge < -0.3 is 14.7 Å². The van der Waals surface area contributed by atoms with Gasteiger partial charge in [0.2, 0.25) is 0 Å². The average molecular weight is 227 g/mol. The minimum absolute atomic E-state index is 0.344. The molecule has 0 radical (unpaired) electrons. The van der Waals surface area contributed by atoms with Crippen LogP contribution in [-0.2, 0) is 4.74 Å². The lowest BCUT2D eigenvalue weighted by Gasteiger charge is -2.30. The first kappa shape index (κ1) is 12.3. The maximum atomic E-state index is 8.90. The standard InChI is InChI=1S/C13H25NO2/c15-8-2-6-13-5-1-7-14(13)10-12-4-3-9-16-11-12/h12-13,15H,1-11H2/t12-,13-/m0/s1. The van der Waals surface area contributed by atoms with Gasteiger partial charge in [0.15, 0.2) is 0 Å². The molecule has 2 heterocycles. The lowest BCUT2D eigenvalue weighted by Crippen LogP contribution is -2.36. The Bertz CT molecular complexity index is 192. The molecule has 94 valence electrons. The van der Waals surface area contributed by atoms with Crippen molar-refractivity contribution < 1.29 is 9.84 Å². The lowest BCUT2D eigenvalue weighted by atomic mass is 10.0. The van der Waals surface area contributed by atoms with E-state index in [0.29, 0.717) is 6.61 Å². The fourth-order valence-corrected chi connectivity index (χ4v) is 3.07. The van der Waals surface area contributed by atoms with E-state index in [9.17, 15) is 0 Å². The highest BCUT2D eigenvalue weighted by Gasteiger charge is 2.26. The molecule has 2 fully saturated rings. The second-order valence-electron chi connectivity index (χ2n) is 5.24.